The molecule has 0 aliphatic rings. The Hall–Kier alpha value is -3.09. The van der Waals surface area contributed by atoms with Crippen LogP contribution < -0.4 is 11.2 Å². The number of nitrogens with zero attached hydrogens (tertiary/aromatic N) is 5. The van der Waals surface area contributed by atoms with Crippen molar-refractivity contribution in [1.82, 2.24) is 23.1 Å². The zero-order chi connectivity index (χ0) is 20.2. The van der Waals surface area contributed by atoms with Gasteiger partial charge in [0.15, 0.2) is 11.2 Å². The van der Waals surface area contributed by atoms with E-state index < -0.39 is 0 Å². The van der Waals surface area contributed by atoms with Crippen molar-refractivity contribution in [2.75, 3.05) is 0 Å². The molecular formula is C21H25N5O2. The molecule has 0 radical (unpaired) electrons. The van der Waals surface area contributed by atoms with Crippen molar-refractivity contribution >= 4 is 16.9 Å². The van der Waals surface area contributed by atoms with Crippen LogP contribution in [0.3, 0.4) is 0 Å². The second kappa shape index (κ2) is 6.51. The molecule has 28 heavy (non-hydrogen) atoms. The summed E-state index contributed by atoms with van der Waals surface area (Å²) in [4.78, 5) is 31.0. The lowest BCUT2D eigenvalue weighted by Crippen LogP contribution is -2.39. The van der Waals surface area contributed by atoms with Gasteiger partial charge in [-0.2, -0.15) is 4.98 Å². The standard InChI is InChI=1S/C21H25N5O2/c1-6-13(2)25-14(3)15(4)26-17-18(22-20(25)26)23(5)21(28)24(19(17)27)12-16-10-8-7-9-11-16/h7-11,13H,6,12H2,1-5H3. The Morgan fingerprint density at radius 2 is 1.75 bits per heavy atom. The molecule has 0 saturated carbocycles. The van der Waals surface area contributed by atoms with E-state index in [0.29, 0.717) is 16.9 Å². The number of hydrogen-bond donors (Lipinski definition) is 0. The number of imidazole rings is 2. The third kappa shape index (κ3) is 2.46. The van der Waals surface area contributed by atoms with Crippen molar-refractivity contribution in [2.45, 2.75) is 46.7 Å². The van der Waals surface area contributed by atoms with Crippen molar-refractivity contribution in [3.63, 3.8) is 0 Å². The lowest BCUT2D eigenvalue weighted by atomic mass is 10.2. The maximum absolute atomic E-state index is 13.4. The van der Waals surface area contributed by atoms with Gasteiger partial charge in [-0.1, -0.05) is 37.3 Å². The van der Waals surface area contributed by atoms with E-state index in [4.69, 9.17) is 4.98 Å². The average molecular weight is 379 g/mol. The van der Waals surface area contributed by atoms with Gasteiger partial charge in [0.2, 0.25) is 5.78 Å². The molecule has 4 rings (SSSR count). The second-order valence-corrected chi connectivity index (χ2v) is 7.44. The zero-order valence-electron chi connectivity index (χ0n) is 16.9. The summed E-state index contributed by atoms with van der Waals surface area (Å²) in [5.41, 5.74) is 3.18. The van der Waals surface area contributed by atoms with E-state index in [1.165, 1.54) is 9.13 Å². The van der Waals surface area contributed by atoms with Crippen LogP contribution in [0.15, 0.2) is 39.9 Å². The summed E-state index contributed by atoms with van der Waals surface area (Å²) in [6, 6.07) is 9.79. The molecule has 0 bridgehead atoms. The molecule has 0 amide bonds. The molecule has 3 heterocycles. The van der Waals surface area contributed by atoms with Gasteiger partial charge in [0.05, 0.1) is 6.54 Å². The van der Waals surface area contributed by atoms with E-state index >= 15 is 0 Å². The number of fused-ring (bicyclic) bond motifs is 3. The van der Waals surface area contributed by atoms with Crippen molar-refractivity contribution < 1.29 is 0 Å². The summed E-state index contributed by atoms with van der Waals surface area (Å²) in [6.45, 7) is 8.54. The van der Waals surface area contributed by atoms with Gasteiger partial charge in [0.1, 0.15) is 0 Å². The van der Waals surface area contributed by atoms with Crippen LogP contribution in [0, 0.1) is 13.8 Å². The number of rotatable bonds is 4. The predicted octanol–water partition coefficient (Wildman–Crippen LogP) is 2.79. The lowest BCUT2D eigenvalue weighted by Gasteiger charge is -2.13. The van der Waals surface area contributed by atoms with Gasteiger partial charge < -0.3 is 4.57 Å². The Balaban J connectivity index is 2.09. The van der Waals surface area contributed by atoms with Crippen LogP contribution in [0.25, 0.3) is 16.9 Å². The first kappa shape index (κ1) is 18.3. The highest BCUT2D eigenvalue weighted by Crippen LogP contribution is 2.25. The molecule has 1 aromatic carbocycles. The van der Waals surface area contributed by atoms with Gasteiger partial charge in [-0.15, -0.1) is 0 Å². The topological polar surface area (TPSA) is 66.2 Å². The number of aromatic nitrogens is 5. The van der Waals surface area contributed by atoms with E-state index in [1.54, 1.807) is 7.05 Å². The lowest BCUT2D eigenvalue weighted by molar-refractivity contribution is 0.532. The van der Waals surface area contributed by atoms with Crippen LogP contribution in [0.4, 0.5) is 0 Å². The molecular weight excluding hydrogens is 354 g/mol. The van der Waals surface area contributed by atoms with Gasteiger partial charge in [0.25, 0.3) is 5.56 Å². The first-order chi connectivity index (χ1) is 13.4. The van der Waals surface area contributed by atoms with Crippen molar-refractivity contribution in [3.05, 3.63) is 68.1 Å². The Morgan fingerprint density at radius 3 is 2.39 bits per heavy atom. The molecule has 4 aromatic rings. The van der Waals surface area contributed by atoms with Gasteiger partial charge in [-0.25, -0.2) is 4.79 Å². The van der Waals surface area contributed by atoms with Crippen molar-refractivity contribution in [2.24, 2.45) is 7.05 Å². The zero-order valence-corrected chi connectivity index (χ0v) is 16.9. The Morgan fingerprint density at radius 1 is 1.07 bits per heavy atom. The maximum atomic E-state index is 13.4. The SMILES string of the molecule is CCC(C)n1c(C)c(C)n2c3c(=O)n(Cc4ccccc4)c(=O)n(C)c3nc12. The quantitative estimate of drug-likeness (QED) is 0.548. The smallest absolute Gasteiger partial charge is 0.311 e. The fourth-order valence-electron chi connectivity index (χ4n) is 3.89. The Kier molecular flexibility index (Phi) is 4.25. The fraction of sp³-hybridized carbons (Fsp3) is 0.381. The molecule has 0 N–H and O–H groups in total. The van der Waals surface area contributed by atoms with Crippen LogP contribution in [-0.2, 0) is 13.6 Å². The summed E-state index contributed by atoms with van der Waals surface area (Å²) >= 11 is 0. The average Bonchev–Trinajstić information content (AvgIpc) is 3.19. The van der Waals surface area contributed by atoms with Crippen LogP contribution >= 0.6 is 0 Å². The fourth-order valence-corrected chi connectivity index (χ4v) is 3.89. The number of hydrogen-bond acceptors (Lipinski definition) is 3. The van der Waals surface area contributed by atoms with E-state index in [0.717, 1.165) is 23.4 Å². The van der Waals surface area contributed by atoms with Gasteiger partial charge in [-0.05, 0) is 32.8 Å². The van der Waals surface area contributed by atoms with Crippen molar-refractivity contribution in [3.8, 4) is 0 Å². The molecule has 1 atom stereocenters. The number of benzene rings is 1. The van der Waals surface area contributed by atoms with Crippen LogP contribution in [-0.4, -0.2) is 23.1 Å². The normalized spacial score (nSPS) is 12.9. The Labute approximate surface area is 162 Å². The van der Waals surface area contributed by atoms with Crippen molar-refractivity contribution in [1.29, 1.82) is 0 Å². The molecule has 0 aliphatic heterocycles. The number of aryl methyl sites for hydroxylation is 2. The largest absolute Gasteiger partial charge is 0.332 e. The summed E-state index contributed by atoms with van der Waals surface area (Å²) in [5.74, 6) is 0.712. The predicted molar refractivity (Wildman–Crippen MR) is 110 cm³/mol. The van der Waals surface area contributed by atoms with E-state index in [-0.39, 0.29) is 23.8 Å². The maximum Gasteiger partial charge on any atom is 0.332 e. The summed E-state index contributed by atoms with van der Waals surface area (Å²) in [5, 5.41) is 0. The van der Waals surface area contributed by atoms with Crippen LogP contribution in [0.5, 0.6) is 0 Å². The molecule has 7 nitrogen and oxygen atoms in total. The van der Waals surface area contributed by atoms with Gasteiger partial charge in [0, 0.05) is 24.5 Å². The molecule has 7 heteroatoms. The summed E-state index contributed by atoms with van der Waals surface area (Å²) in [6.07, 6.45) is 0.949. The molecule has 0 aliphatic carbocycles. The van der Waals surface area contributed by atoms with E-state index in [2.05, 4.69) is 18.4 Å². The van der Waals surface area contributed by atoms with E-state index in [9.17, 15) is 9.59 Å². The van der Waals surface area contributed by atoms with Crippen LogP contribution in [0.1, 0.15) is 43.3 Å². The molecule has 0 fully saturated rings. The molecule has 1 unspecified atom stereocenters. The first-order valence-electron chi connectivity index (χ1n) is 9.60. The Bertz CT molecular complexity index is 1300. The first-order valence-corrected chi connectivity index (χ1v) is 9.60. The summed E-state index contributed by atoms with van der Waals surface area (Å²) in [7, 11) is 1.67. The minimum atomic E-state index is -0.355. The highest BCUT2D eigenvalue weighted by molar-refractivity contribution is 5.76. The highest BCUT2D eigenvalue weighted by atomic mass is 16.2. The molecule has 0 spiro atoms. The third-order valence-corrected chi connectivity index (χ3v) is 5.78. The van der Waals surface area contributed by atoms with E-state index in [1.807, 2.05) is 48.6 Å². The second-order valence-electron chi connectivity index (χ2n) is 7.44. The summed E-state index contributed by atoms with van der Waals surface area (Å²) < 4.78 is 6.82. The molecule has 0 saturated heterocycles. The third-order valence-electron chi connectivity index (χ3n) is 5.78. The molecule has 3 aromatic heterocycles. The minimum absolute atomic E-state index is 0.236. The van der Waals surface area contributed by atoms with Crippen LogP contribution in [0.2, 0.25) is 0 Å². The monoisotopic (exact) mass is 379 g/mol. The minimum Gasteiger partial charge on any atom is -0.311 e. The molecule has 146 valence electrons. The highest BCUT2D eigenvalue weighted by Gasteiger charge is 2.23. The van der Waals surface area contributed by atoms with Gasteiger partial charge >= 0.3 is 5.69 Å². The van der Waals surface area contributed by atoms with Gasteiger partial charge in [-0.3, -0.25) is 18.3 Å².